The molecule has 0 bridgehead atoms. The molecule has 126 valence electrons. The van der Waals surface area contributed by atoms with Crippen LogP contribution in [-0.4, -0.2) is 68.1 Å². The Balaban J connectivity index is 1.60. The Kier molecular flexibility index (Phi) is 5.18. The number of benzene rings is 1. The van der Waals surface area contributed by atoms with Crippen molar-refractivity contribution >= 4 is 11.6 Å². The molecule has 1 amide bonds. The first-order chi connectivity index (χ1) is 11.2. The lowest BCUT2D eigenvalue weighted by molar-refractivity contribution is 0.0787. The van der Waals surface area contributed by atoms with Crippen LogP contribution in [0.2, 0.25) is 0 Å². The fraction of sp³-hybridized carbons (Fsp3) is 0.611. The van der Waals surface area contributed by atoms with Crippen LogP contribution in [0.1, 0.15) is 23.7 Å². The van der Waals surface area contributed by atoms with Crippen molar-refractivity contribution in [3.05, 3.63) is 29.8 Å². The SMILES string of the molecule is CCN1CCN(c2ccc(C(=O)N3CC[C@@H](CN)C3)cc2)CC1. The van der Waals surface area contributed by atoms with Crippen LogP contribution in [0, 0.1) is 5.92 Å². The van der Waals surface area contributed by atoms with E-state index in [2.05, 4.69) is 28.9 Å². The van der Waals surface area contributed by atoms with Crippen molar-refractivity contribution < 1.29 is 4.79 Å². The third-order valence-corrected chi connectivity index (χ3v) is 5.21. The molecule has 2 heterocycles. The van der Waals surface area contributed by atoms with E-state index >= 15 is 0 Å². The van der Waals surface area contributed by atoms with Gasteiger partial charge in [0.1, 0.15) is 0 Å². The molecule has 0 aliphatic carbocycles. The lowest BCUT2D eigenvalue weighted by atomic mass is 10.1. The van der Waals surface area contributed by atoms with Gasteiger partial charge in [-0.05, 0) is 49.7 Å². The quantitative estimate of drug-likeness (QED) is 0.908. The monoisotopic (exact) mass is 316 g/mol. The molecule has 2 aliphatic rings. The van der Waals surface area contributed by atoms with Crippen LogP contribution in [0.4, 0.5) is 5.69 Å². The second-order valence-corrected chi connectivity index (χ2v) is 6.61. The number of anilines is 1. The number of hydrogen-bond acceptors (Lipinski definition) is 4. The number of nitrogens with zero attached hydrogens (tertiary/aromatic N) is 3. The molecule has 1 aromatic rings. The molecule has 1 aromatic carbocycles. The molecule has 1 atom stereocenters. The maximum Gasteiger partial charge on any atom is 0.253 e. The van der Waals surface area contributed by atoms with E-state index in [1.54, 1.807) is 0 Å². The highest BCUT2D eigenvalue weighted by Crippen LogP contribution is 2.21. The number of nitrogens with two attached hydrogens (primary N) is 1. The van der Waals surface area contributed by atoms with E-state index in [0.717, 1.165) is 57.8 Å². The molecular weight excluding hydrogens is 288 g/mol. The molecule has 0 saturated carbocycles. The summed E-state index contributed by atoms with van der Waals surface area (Å²) in [6, 6.07) is 8.12. The van der Waals surface area contributed by atoms with Gasteiger partial charge in [0.2, 0.25) is 0 Å². The number of hydrogen-bond donors (Lipinski definition) is 1. The molecule has 0 spiro atoms. The van der Waals surface area contributed by atoms with E-state index < -0.39 is 0 Å². The van der Waals surface area contributed by atoms with Crippen LogP contribution in [-0.2, 0) is 0 Å². The smallest absolute Gasteiger partial charge is 0.253 e. The number of piperazine rings is 1. The summed E-state index contributed by atoms with van der Waals surface area (Å²) >= 11 is 0. The summed E-state index contributed by atoms with van der Waals surface area (Å²) in [7, 11) is 0. The Labute approximate surface area is 139 Å². The van der Waals surface area contributed by atoms with Crippen molar-refractivity contribution in [1.82, 2.24) is 9.80 Å². The molecule has 5 nitrogen and oxygen atoms in total. The first-order valence-corrected chi connectivity index (χ1v) is 8.78. The third kappa shape index (κ3) is 3.67. The predicted molar refractivity (Wildman–Crippen MR) is 93.8 cm³/mol. The van der Waals surface area contributed by atoms with Crippen molar-refractivity contribution in [2.75, 3.05) is 57.3 Å². The highest BCUT2D eigenvalue weighted by atomic mass is 16.2. The highest BCUT2D eigenvalue weighted by molar-refractivity contribution is 5.94. The summed E-state index contributed by atoms with van der Waals surface area (Å²) in [5.41, 5.74) is 7.72. The zero-order valence-electron chi connectivity index (χ0n) is 14.1. The van der Waals surface area contributed by atoms with E-state index in [9.17, 15) is 4.79 Å². The average molecular weight is 316 g/mol. The Morgan fingerprint density at radius 1 is 1.13 bits per heavy atom. The van der Waals surface area contributed by atoms with Crippen molar-refractivity contribution in [2.45, 2.75) is 13.3 Å². The molecule has 23 heavy (non-hydrogen) atoms. The van der Waals surface area contributed by atoms with Crippen LogP contribution >= 0.6 is 0 Å². The number of rotatable bonds is 4. The number of likely N-dealkylation sites (tertiary alicyclic amines) is 1. The van der Waals surface area contributed by atoms with Crippen molar-refractivity contribution in [1.29, 1.82) is 0 Å². The number of amides is 1. The minimum Gasteiger partial charge on any atom is -0.369 e. The molecule has 2 aliphatic heterocycles. The minimum atomic E-state index is 0.142. The molecular formula is C18H28N4O. The van der Waals surface area contributed by atoms with Gasteiger partial charge in [-0.1, -0.05) is 6.92 Å². The van der Waals surface area contributed by atoms with E-state index in [-0.39, 0.29) is 5.91 Å². The van der Waals surface area contributed by atoms with Crippen LogP contribution < -0.4 is 10.6 Å². The summed E-state index contributed by atoms with van der Waals surface area (Å²) in [4.78, 5) is 19.4. The van der Waals surface area contributed by atoms with Gasteiger partial charge in [0.05, 0.1) is 0 Å². The van der Waals surface area contributed by atoms with Gasteiger partial charge in [-0.3, -0.25) is 4.79 Å². The van der Waals surface area contributed by atoms with Gasteiger partial charge in [0.15, 0.2) is 0 Å². The van der Waals surface area contributed by atoms with Crippen molar-refractivity contribution in [3.8, 4) is 0 Å². The molecule has 2 fully saturated rings. The summed E-state index contributed by atoms with van der Waals surface area (Å²) in [6.45, 7) is 10.0. The molecule has 0 aromatic heterocycles. The number of carbonyl (C=O) groups is 1. The molecule has 3 rings (SSSR count). The fourth-order valence-electron chi connectivity index (χ4n) is 3.53. The van der Waals surface area contributed by atoms with E-state index in [1.807, 2.05) is 17.0 Å². The molecule has 2 N–H and O–H groups in total. The summed E-state index contributed by atoms with van der Waals surface area (Å²) in [5, 5.41) is 0. The molecule has 5 heteroatoms. The first kappa shape index (κ1) is 16.3. The topological polar surface area (TPSA) is 52.8 Å². The van der Waals surface area contributed by atoms with Crippen LogP contribution in [0.25, 0.3) is 0 Å². The first-order valence-electron chi connectivity index (χ1n) is 8.78. The standard InChI is InChI=1S/C18H28N4O/c1-2-20-9-11-21(12-10-20)17-5-3-16(4-6-17)18(23)22-8-7-15(13-19)14-22/h3-6,15H,2,7-14,19H2,1H3/t15-/m0/s1. The summed E-state index contributed by atoms with van der Waals surface area (Å²) in [5.74, 6) is 0.608. The van der Waals surface area contributed by atoms with Gasteiger partial charge >= 0.3 is 0 Å². The lowest BCUT2D eigenvalue weighted by Gasteiger charge is -2.35. The van der Waals surface area contributed by atoms with E-state index in [1.165, 1.54) is 5.69 Å². The number of carbonyl (C=O) groups excluding carboxylic acids is 1. The Hall–Kier alpha value is -1.59. The maximum atomic E-state index is 12.5. The normalized spacial score (nSPS) is 22.6. The van der Waals surface area contributed by atoms with Crippen molar-refractivity contribution in [3.63, 3.8) is 0 Å². The van der Waals surface area contributed by atoms with Gasteiger partial charge < -0.3 is 20.4 Å². The summed E-state index contributed by atoms with van der Waals surface area (Å²) in [6.07, 6.45) is 1.03. The third-order valence-electron chi connectivity index (χ3n) is 5.21. The molecule has 2 saturated heterocycles. The maximum absolute atomic E-state index is 12.5. The van der Waals surface area contributed by atoms with E-state index in [4.69, 9.17) is 5.73 Å². The van der Waals surface area contributed by atoms with Gasteiger partial charge in [-0.25, -0.2) is 0 Å². The van der Waals surface area contributed by atoms with Crippen molar-refractivity contribution in [2.24, 2.45) is 11.7 Å². The summed E-state index contributed by atoms with van der Waals surface area (Å²) < 4.78 is 0. The second-order valence-electron chi connectivity index (χ2n) is 6.61. The van der Waals surface area contributed by atoms with Crippen LogP contribution in [0.15, 0.2) is 24.3 Å². The van der Waals surface area contributed by atoms with Gasteiger partial charge in [0, 0.05) is 50.5 Å². The lowest BCUT2D eigenvalue weighted by Crippen LogP contribution is -2.46. The average Bonchev–Trinajstić information content (AvgIpc) is 3.10. The van der Waals surface area contributed by atoms with Crippen LogP contribution in [0.3, 0.4) is 0 Å². The van der Waals surface area contributed by atoms with Crippen LogP contribution in [0.5, 0.6) is 0 Å². The second kappa shape index (κ2) is 7.32. The fourth-order valence-corrected chi connectivity index (χ4v) is 3.53. The van der Waals surface area contributed by atoms with Gasteiger partial charge in [-0.2, -0.15) is 0 Å². The zero-order chi connectivity index (χ0) is 16.2. The largest absolute Gasteiger partial charge is 0.369 e. The zero-order valence-corrected chi connectivity index (χ0v) is 14.1. The van der Waals surface area contributed by atoms with Gasteiger partial charge in [-0.15, -0.1) is 0 Å². The minimum absolute atomic E-state index is 0.142. The Morgan fingerprint density at radius 2 is 1.83 bits per heavy atom. The Bertz CT molecular complexity index is 522. The Morgan fingerprint density at radius 3 is 2.39 bits per heavy atom. The predicted octanol–water partition coefficient (Wildman–Crippen LogP) is 1.25. The van der Waals surface area contributed by atoms with Gasteiger partial charge in [0.25, 0.3) is 5.91 Å². The number of likely N-dealkylation sites (N-methyl/N-ethyl adjacent to an activating group) is 1. The van der Waals surface area contributed by atoms with E-state index in [0.29, 0.717) is 12.5 Å². The highest BCUT2D eigenvalue weighted by Gasteiger charge is 2.26. The molecule has 0 unspecified atom stereocenters. The molecule has 0 radical (unpaired) electrons.